The second kappa shape index (κ2) is 5.85. The van der Waals surface area contributed by atoms with Gasteiger partial charge in [0.1, 0.15) is 0 Å². The molecule has 0 unspecified atom stereocenters. The van der Waals surface area contributed by atoms with Gasteiger partial charge in [-0.2, -0.15) is 4.31 Å². The fourth-order valence-electron chi connectivity index (χ4n) is 1.89. The smallest absolute Gasteiger partial charge is 0.207 e. The highest BCUT2D eigenvalue weighted by Gasteiger charge is 2.23. The normalized spacial score (nSPS) is 12.1. The molecule has 0 saturated heterocycles. The molecule has 2 rings (SSSR count). The maximum Gasteiger partial charge on any atom is 0.243 e. The fraction of sp³-hybridized carbons (Fsp3) is 0.286. The number of nitrogens with zero attached hydrogens (tertiary/aromatic N) is 1. The minimum Gasteiger partial charge on any atom is -0.207 e. The van der Waals surface area contributed by atoms with E-state index in [1.807, 2.05) is 32.0 Å². The summed E-state index contributed by atoms with van der Waals surface area (Å²) in [6, 6.07) is 9.08. The second-order valence-electron chi connectivity index (χ2n) is 4.74. The van der Waals surface area contributed by atoms with Crippen LogP contribution in [0.1, 0.15) is 16.0 Å². The van der Waals surface area contributed by atoms with Crippen LogP contribution in [0.4, 0.5) is 0 Å². The molecule has 1 heterocycles. The van der Waals surface area contributed by atoms with Crippen LogP contribution < -0.4 is 0 Å². The van der Waals surface area contributed by atoms with Crippen molar-refractivity contribution in [2.45, 2.75) is 25.3 Å². The first kappa shape index (κ1) is 15.5. The Kier molecular flexibility index (Phi) is 4.54. The van der Waals surface area contributed by atoms with E-state index in [-0.39, 0.29) is 0 Å². The van der Waals surface area contributed by atoms with E-state index in [0.29, 0.717) is 15.8 Å². The Morgan fingerprint density at radius 3 is 2.50 bits per heavy atom. The molecule has 1 aromatic heterocycles. The number of thiophene rings is 1. The Hall–Kier alpha value is -0.880. The van der Waals surface area contributed by atoms with E-state index < -0.39 is 10.0 Å². The third-order valence-corrected chi connectivity index (χ3v) is 6.20. The molecule has 1 aromatic carbocycles. The highest BCUT2D eigenvalue weighted by Crippen LogP contribution is 2.26. The van der Waals surface area contributed by atoms with E-state index in [9.17, 15) is 8.42 Å². The van der Waals surface area contributed by atoms with Crippen LogP contribution in [0.3, 0.4) is 0 Å². The van der Waals surface area contributed by atoms with Crippen molar-refractivity contribution in [2.24, 2.45) is 0 Å². The molecular weight excluding hydrogens is 314 g/mol. The van der Waals surface area contributed by atoms with Crippen LogP contribution in [0.25, 0.3) is 0 Å². The number of sulfonamides is 1. The van der Waals surface area contributed by atoms with Gasteiger partial charge in [0, 0.05) is 18.5 Å². The van der Waals surface area contributed by atoms with Crippen LogP contribution in [-0.4, -0.2) is 19.8 Å². The van der Waals surface area contributed by atoms with E-state index in [4.69, 9.17) is 11.6 Å². The molecule has 0 aliphatic carbocycles. The van der Waals surface area contributed by atoms with Gasteiger partial charge in [0.15, 0.2) is 0 Å². The molecule has 2 aromatic rings. The van der Waals surface area contributed by atoms with Gasteiger partial charge in [-0.05, 0) is 43.2 Å². The average molecular weight is 330 g/mol. The number of hydrogen-bond donors (Lipinski definition) is 0. The van der Waals surface area contributed by atoms with E-state index in [1.165, 1.54) is 15.6 Å². The fourth-order valence-corrected chi connectivity index (χ4v) is 4.57. The quantitative estimate of drug-likeness (QED) is 0.854. The van der Waals surface area contributed by atoms with Gasteiger partial charge in [-0.3, -0.25) is 0 Å². The molecule has 0 amide bonds. The summed E-state index contributed by atoms with van der Waals surface area (Å²) in [5, 5.41) is 0. The Bertz CT molecular complexity index is 723. The molecular formula is C14H16ClNO2S2. The highest BCUT2D eigenvalue weighted by molar-refractivity contribution is 7.89. The zero-order valence-corrected chi connectivity index (χ0v) is 13.9. The lowest BCUT2D eigenvalue weighted by atomic mass is 10.2. The topological polar surface area (TPSA) is 37.4 Å². The Labute approximate surface area is 128 Å². The summed E-state index contributed by atoms with van der Waals surface area (Å²) in [5.74, 6) is 0. The number of halogens is 1. The predicted octanol–water partition coefficient (Wildman–Crippen LogP) is 3.84. The second-order valence-corrected chi connectivity index (χ2v) is 8.55. The summed E-state index contributed by atoms with van der Waals surface area (Å²) in [4.78, 5) is 1.29. The molecule has 0 N–H and O–H groups in total. The maximum absolute atomic E-state index is 12.6. The van der Waals surface area contributed by atoms with Gasteiger partial charge >= 0.3 is 0 Å². The van der Waals surface area contributed by atoms with Crippen molar-refractivity contribution in [1.29, 1.82) is 0 Å². The first-order valence-electron chi connectivity index (χ1n) is 6.08. The van der Waals surface area contributed by atoms with Crippen LogP contribution in [0.5, 0.6) is 0 Å². The van der Waals surface area contributed by atoms with Crippen molar-refractivity contribution in [3.05, 3.63) is 50.7 Å². The van der Waals surface area contributed by atoms with E-state index in [2.05, 4.69) is 0 Å². The van der Waals surface area contributed by atoms with Crippen LogP contribution in [0.15, 0.2) is 35.2 Å². The average Bonchev–Trinajstić information content (AvgIpc) is 2.77. The summed E-state index contributed by atoms with van der Waals surface area (Å²) >= 11 is 7.27. The van der Waals surface area contributed by atoms with Crippen molar-refractivity contribution in [1.82, 2.24) is 4.31 Å². The molecule has 3 nitrogen and oxygen atoms in total. The summed E-state index contributed by atoms with van der Waals surface area (Å²) in [6.07, 6.45) is 0. The first-order valence-corrected chi connectivity index (χ1v) is 8.72. The van der Waals surface area contributed by atoms with Gasteiger partial charge < -0.3 is 0 Å². The van der Waals surface area contributed by atoms with Gasteiger partial charge in [-0.25, -0.2) is 8.42 Å². The molecule has 6 heteroatoms. The predicted molar refractivity (Wildman–Crippen MR) is 83.9 cm³/mol. The lowest BCUT2D eigenvalue weighted by Crippen LogP contribution is -2.26. The van der Waals surface area contributed by atoms with Gasteiger partial charge in [0.2, 0.25) is 10.0 Å². The van der Waals surface area contributed by atoms with E-state index >= 15 is 0 Å². The Morgan fingerprint density at radius 2 is 1.90 bits per heavy atom. The number of aryl methyl sites for hydroxylation is 2. The van der Waals surface area contributed by atoms with Crippen molar-refractivity contribution >= 4 is 33.0 Å². The zero-order chi connectivity index (χ0) is 14.9. The zero-order valence-electron chi connectivity index (χ0n) is 11.6. The van der Waals surface area contributed by atoms with Crippen LogP contribution in [0.2, 0.25) is 4.34 Å². The third kappa shape index (κ3) is 3.23. The number of benzene rings is 1. The van der Waals surface area contributed by atoms with Crippen molar-refractivity contribution in [3.8, 4) is 0 Å². The molecule has 0 aliphatic rings. The van der Waals surface area contributed by atoms with Gasteiger partial charge in [0.25, 0.3) is 0 Å². The van der Waals surface area contributed by atoms with Crippen LogP contribution in [-0.2, 0) is 16.6 Å². The molecule has 0 atom stereocenters. The molecule has 0 spiro atoms. The first-order chi connectivity index (χ1) is 9.30. The molecule has 0 radical (unpaired) electrons. The largest absolute Gasteiger partial charge is 0.243 e. The molecule has 0 aliphatic heterocycles. The summed E-state index contributed by atoms with van der Waals surface area (Å²) in [5.41, 5.74) is 1.69. The Balaban J connectivity index is 2.32. The summed E-state index contributed by atoms with van der Waals surface area (Å²) < 4.78 is 27.3. The van der Waals surface area contributed by atoms with Gasteiger partial charge in [0.05, 0.1) is 9.23 Å². The number of rotatable bonds is 4. The van der Waals surface area contributed by atoms with Crippen molar-refractivity contribution in [2.75, 3.05) is 7.05 Å². The maximum atomic E-state index is 12.6. The number of hydrogen-bond acceptors (Lipinski definition) is 3. The molecule has 20 heavy (non-hydrogen) atoms. The minimum absolute atomic E-state index is 0.326. The lowest BCUT2D eigenvalue weighted by Gasteiger charge is -2.18. The SMILES string of the molecule is Cc1ccc(C)c(S(=O)(=O)N(C)Cc2ccc(Cl)s2)c1. The van der Waals surface area contributed by atoms with Gasteiger partial charge in [-0.1, -0.05) is 23.7 Å². The molecule has 0 fully saturated rings. The monoisotopic (exact) mass is 329 g/mol. The summed E-state index contributed by atoms with van der Waals surface area (Å²) in [6.45, 7) is 4.02. The molecule has 0 bridgehead atoms. The minimum atomic E-state index is -3.48. The molecule has 0 saturated carbocycles. The van der Waals surface area contributed by atoms with Crippen molar-refractivity contribution in [3.63, 3.8) is 0 Å². The van der Waals surface area contributed by atoms with Gasteiger partial charge in [-0.15, -0.1) is 11.3 Å². The van der Waals surface area contributed by atoms with Crippen LogP contribution in [0, 0.1) is 13.8 Å². The lowest BCUT2D eigenvalue weighted by molar-refractivity contribution is 0.469. The van der Waals surface area contributed by atoms with E-state index in [0.717, 1.165) is 16.0 Å². The van der Waals surface area contributed by atoms with E-state index in [1.54, 1.807) is 19.2 Å². The Morgan fingerprint density at radius 1 is 1.20 bits per heavy atom. The van der Waals surface area contributed by atoms with Crippen molar-refractivity contribution < 1.29 is 8.42 Å². The summed E-state index contributed by atoms with van der Waals surface area (Å²) in [7, 11) is -1.90. The highest BCUT2D eigenvalue weighted by atomic mass is 35.5. The van der Waals surface area contributed by atoms with Crippen LogP contribution >= 0.6 is 22.9 Å². The third-order valence-electron chi connectivity index (χ3n) is 3.04. The standard InChI is InChI=1S/C14H16ClNO2S2/c1-10-4-5-11(2)13(8-10)20(17,18)16(3)9-12-6-7-14(15)19-12/h4-8H,9H2,1-3H3. The molecule has 108 valence electrons.